The Morgan fingerprint density at radius 1 is 1.10 bits per heavy atom. The Hall–Kier alpha value is -2.49. The molecule has 0 heterocycles. The number of carbonyl (C=O) groups is 1. The van der Waals surface area contributed by atoms with E-state index in [9.17, 15) is 4.79 Å². The highest BCUT2D eigenvalue weighted by atomic mass is 16.2. The minimum atomic E-state index is -0.236. The third-order valence-electron chi connectivity index (χ3n) is 3.24. The van der Waals surface area contributed by atoms with Gasteiger partial charge in [0.25, 0.3) is 0 Å². The number of aryl methyl sites for hydroxylation is 2. The number of nitrogens with two attached hydrogens (primary N) is 1. The second-order valence-electron chi connectivity index (χ2n) is 5.21. The Morgan fingerprint density at radius 2 is 1.86 bits per heavy atom. The van der Waals surface area contributed by atoms with Crippen molar-refractivity contribution in [3.63, 3.8) is 0 Å². The molecule has 0 unspecified atom stereocenters. The molecular weight excluding hydrogens is 262 g/mol. The average molecular weight is 283 g/mol. The normalized spacial score (nSPS) is 10.2. The van der Waals surface area contributed by atoms with Crippen LogP contribution in [0, 0.1) is 13.8 Å². The largest absolute Gasteiger partial charge is 0.397 e. The molecule has 0 fully saturated rings. The predicted octanol–water partition coefficient (Wildman–Crippen LogP) is 3.25. The van der Waals surface area contributed by atoms with Crippen LogP contribution >= 0.6 is 0 Å². The van der Waals surface area contributed by atoms with Crippen LogP contribution in [-0.4, -0.2) is 12.6 Å². The van der Waals surface area contributed by atoms with Crippen LogP contribution in [0.25, 0.3) is 0 Å². The van der Waals surface area contributed by atoms with Gasteiger partial charge in [0.05, 0.1) is 11.4 Å². The number of urea groups is 1. The van der Waals surface area contributed by atoms with E-state index in [0.717, 1.165) is 12.0 Å². The number of anilines is 2. The van der Waals surface area contributed by atoms with Gasteiger partial charge in [-0.15, -0.1) is 0 Å². The third-order valence-corrected chi connectivity index (χ3v) is 3.24. The Kier molecular flexibility index (Phi) is 4.82. The molecule has 0 saturated carbocycles. The van der Waals surface area contributed by atoms with E-state index < -0.39 is 0 Å². The van der Waals surface area contributed by atoms with Crippen LogP contribution in [0.5, 0.6) is 0 Å². The SMILES string of the molecule is Cc1cccc(CCNC(=O)Nc2cc(C)ccc2N)c1. The molecule has 0 radical (unpaired) electrons. The molecule has 110 valence electrons. The molecule has 2 aromatic rings. The molecule has 0 aliphatic heterocycles. The highest BCUT2D eigenvalue weighted by molar-refractivity contribution is 5.92. The van der Waals surface area contributed by atoms with E-state index in [1.54, 1.807) is 6.07 Å². The summed E-state index contributed by atoms with van der Waals surface area (Å²) in [5.74, 6) is 0. The van der Waals surface area contributed by atoms with Gasteiger partial charge in [-0.3, -0.25) is 0 Å². The van der Waals surface area contributed by atoms with Crippen molar-refractivity contribution in [2.45, 2.75) is 20.3 Å². The summed E-state index contributed by atoms with van der Waals surface area (Å²) in [6.07, 6.45) is 0.804. The number of amides is 2. The lowest BCUT2D eigenvalue weighted by Gasteiger charge is -2.10. The summed E-state index contributed by atoms with van der Waals surface area (Å²) in [6.45, 7) is 4.60. The van der Waals surface area contributed by atoms with Gasteiger partial charge in [-0.05, 0) is 43.5 Å². The summed E-state index contributed by atoms with van der Waals surface area (Å²) in [7, 11) is 0. The number of hydrogen-bond acceptors (Lipinski definition) is 2. The van der Waals surface area contributed by atoms with Gasteiger partial charge in [0.2, 0.25) is 0 Å². The summed E-state index contributed by atoms with van der Waals surface area (Å²) in [4.78, 5) is 11.9. The summed E-state index contributed by atoms with van der Waals surface area (Å²) in [6, 6.07) is 13.6. The van der Waals surface area contributed by atoms with Crippen LogP contribution in [0.2, 0.25) is 0 Å². The zero-order valence-electron chi connectivity index (χ0n) is 12.4. The topological polar surface area (TPSA) is 67.2 Å². The van der Waals surface area contributed by atoms with Crippen molar-refractivity contribution in [2.75, 3.05) is 17.6 Å². The van der Waals surface area contributed by atoms with Gasteiger partial charge in [0, 0.05) is 6.54 Å². The smallest absolute Gasteiger partial charge is 0.319 e. The minimum Gasteiger partial charge on any atom is -0.397 e. The molecule has 2 rings (SSSR count). The molecule has 0 aliphatic rings. The fourth-order valence-corrected chi connectivity index (χ4v) is 2.13. The summed E-state index contributed by atoms with van der Waals surface area (Å²) < 4.78 is 0. The zero-order chi connectivity index (χ0) is 15.2. The zero-order valence-corrected chi connectivity index (χ0v) is 12.4. The number of nitrogens with one attached hydrogen (secondary N) is 2. The monoisotopic (exact) mass is 283 g/mol. The first-order valence-corrected chi connectivity index (χ1v) is 7.01. The summed E-state index contributed by atoms with van der Waals surface area (Å²) in [5.41, 5.74) is 10.5. The first-order chi connectivity index (χ1) is 10.0. The summed E-state index contributed by atoms with van der Waals surface area (Å²) in [5, 5.41) is 5.61. The fraction of sp³-hybridized carbons (Fsp3) is 0.235. The molecule has 0 aliphatic carbocycles. The molecule has 0 aromatic heterocycles. The van der Waals surface area contributed by atoms with Crippen molar-refractivity contribution in [1.82, 2.24) is 5.32 Å². The second kappa shape index (κ2) is 6.79. The van der Waals surface area contributed by atoms with Gasteiger partial charge in [-0.2, -0.15) is 0 Å². The van der Waals surface area contributed by atoms with Gasteiger partial charge >= 0.3 is 6.03 Å². The van der Waals surface area contributed by atoms with Gasteiger partial charge in [0.15, 0.2) is 0 Å². The molecule has 4 nitrogen and oxygen atoms in total. The highest BCUT2D eigenvalue weighted by Gasteiger charge is 2.04. The van der Waals surface area contributed by atoms with Crippen LogP contribution in [-0.2, 0) is 6.42 Å². The molecule has 21 heavy (non-hydrogen) atoms. The maximum absolute atomic E-state index is 11.9. The summed E-state index contributed by atoms with van der Waals surface area (Å²) >= 11 is 0. The fourth-order valence-electron chi connectivity index (χ4n) is 2.13. The first-order valence-electron chi connectivity index (χ1n) is 7.01. The number of nitrogen functional groups attached to an aromatic ring is 1. The minimum absolute atomic E-state index is 0.236. The maximum atomic E-state index is 11.9. The van der Waals surface area contributed by atoms with E-state index in [-0.39, 0.29) is 6.03 Å². The van der Waals surface area contributed by atoms with Crippen LogP contribution in [0.1, 0.15) is 16.7 Å². The quantitative estimate of drug-likeness (QED) is 0.754. The number of hydrogen-bond donors (Lipinski definition) is 3. The van der Waals surface area contributed by atoms with Crippen LogP contribution in [0.15, 0.2) is 42.5 Å². The van der Waals surface area contributed by atoms with Crippen molar-refractivity contribution in [1.29, 1.82) is 0 Å². The Bertz CT molecular complexity index is 638. The van der Waals surface area contributed by atoms with Crippen molar-refractivity contribution < 1.29 is 4.79 Å². The maximum Gasteiger partial charge on any atom is 0.319 e. The van der Waals surface area contributed by atoms with Crippen molar-refractivity contribution in [3.05, 3.63) is 59.2 Å². The Morgan fingerprint density at radius 3 is 2.62 bits per heavy atom. The average Bonchev–Trinajstić information content (AvgIpc) is 2.43. The number of carbonyl (C=O) groups excluding carboxylic acids is 1. The molecular formula is C17H21N3O. The lowest BCUT2D eigenvalue weighted by atomic mass is 10.1. The molecule has 0 saturated heterocycles. The molecule has 4 heteroatoms. The number of benzene rings is 2. The molecule has 2 aromatic carbocycles. The van der Waals surface area contributed by atoms with Crippen LogP contribution in [0.3, 0.4) is 0 Å². The Labute approximate surface area is 125 Å². The van der Waals surface area contributed by atoms with E-state index in [1.807, 2.05) is 25.1 Å². The van der Waals surface area contributed by atoms with Crippen LogP contribution in [0.4, 0.5) is 16.2 Å². The standard InChI is InChI=1S/C17H21N3O/c1-12-4-3-5-14(10-12)8-9-19-17(21)20-16-11-13(2)6-7-15(16)18/h3-7,10-11H,8-9,18H2,1-2H3,(H2,19,20,21). The predicted molar refractivity (Wildman–Crippen MR) is 87.5 cm³/mol. The van der Waals surface area contributed by atoms with Crippen molar-refractivity contribution in [2.24, 2.45) is 0 Å². The van der Waals surface area contributed by atoms with E-state index in [4.69, 9.17) is 5.73 Å². The van der Waals surface area contributed by atoms with E-state index >= 15 is 0 Å². The van der Waals surface area contributed by atoms with Gasteiger partial charge < -0.3 is 16.4 Å². The number of rotatable bonds is 4. The first kappa shape index (κ1) is 14.9. The van der Waals surface area contributed by atoms with Gasteiger partial charge in [-0.25, -0.2) is 4.79 Å². The van der Waals surface area contributed by atoms with Gasteiger partial charge in [0.1, 0.15) is 0 Å². The van der Waals surface area contributed by atoms with Crippen molar-refractivity contribution >= 4 is 17.4 Å². The molecule has 4 N–H and O–H groups in total. The van der Waals surface area contributed by atoms with Gasteiger partial charge in [-0.1, -0.05) is 35.9 Å². The van der Waals surface area contributed by atoms with Crippen LogP contribution < -0.4 is 16.4 Å². The Balaban J connectivity index is 1.84. The molecule has 0 atom stereocenters. The third kappa shape index (κ3) is 4.53. The van der Waals surface area contributed by atoms with Crippen molar-refractivity contribution in [3.8, 4) is 0 Å². The second-order valence-corrected chi connectivity index (χ2v) is 5.21. The molecule has 0 spiro atoms. The van der Waals surface area contributed by atoms with E-state index in [0.29, 0.717) is 17.9 Å². The molecule has 0 bridgehead atoms. The lowest BCUT2D eigenvalue weighted by Crippen LogP contribution is -2.30. The molecule has 2 amide bonds. The van der Waals surface area contributed by atoms with E-state index in [2.05, 4.69) is 35.8 Å². The van der Waals surface area contributed by atoms with E-state index in [1.165, 1.54) is 11.1 Å². The highest BCUT2D eigenvalue weighted by Crippen LogP contribution is 2.19. The lowest BCUT2D eigenvalue weighted by molar-refractivity contribution is 0.252.